The van der Waals surface area contributed by atoms with Gasteiger partial charge in [-0.05, 0) is 36.8 Å². The quantitative estimate of drug-likeness (QED) is 0.699. The zero-order valence-electron chi connectivity index (χ0n) is 12.7. The Morgan fingerprint density at radius 2 is 2.00 bits per heavy atom. The number of ether oxygens (including phenoxy) is 1. The lowest BCUT2D eigenvalue weighted by Crippen LogP contribution is -2.19. The molecule has 0 spiro atoms. The van der Waals surface area contributed by atoms with Crippen LogP contribution in [0.15, 0.2) is 24.3 Å². The summed E-state index contributed by atoms with van der Waals surface area (Å²) < 4.78 is 5.68. The number of aliphatic hydroxyl groups excluding tert-OH is 1. The van der Waals surface area contributed by atoms with Gasteiger partial charge in [-0.1, -0.05) is 57.2 Å². The molecule has 2 heteroatoms. The van der Waals surface area contributed by atoms with Crippen LogP contribution in [0, 0.1) is 0 Å². The van der Waals surface area contributed by atoms with E-state index < -0.39 is 0 Å². The van der Waals surface area contributed by atoms with Crippen molar-refractivity contribution in [2.75, 3.05) is 6.61 Å². The molecular weight excluding hydrogens is 248 g/mol. The van der Waals surface area contributed by atoms with Gasteiger partial charge in [-0.15, -0.1) is 0 Å². The molecular formula is C18H28O2. The molecule has 0 aromatic heterocycles. The van der Waals surface area contributed by atoms with Crippen molar-refractivity contribution in [1.29, 1.82) is 0 Å². The number of fused-ring (bicyclic) bond motifs is 1. The lowest BCUT2D eigenvalue weighted by atomic mass is 9.87. The van der Waals surface area contributed by atoms with Crippen molar-refractivity contribution in [2.24, 2.45) is 0 Å². The van der Waals surface area contributed by atoms with Gasteiger partial charge in [0.2, 0.25) is 0 Å². The first-order valence-electron chi connectivity index (χ1n) is 8.21. The molecule has 2 rings (SSSR count). The van der Waals surface area contributed by atoms with Gasteiger partial charge in [0.15, 0.2) is 0 Å². The van der Waals surface area contributed by atoms with Crippen LogP contribution in [0.1, 0.15) is 69.8 Å². The predicted molar refractivity (Wildman–Crippen MR) is 83.3 cm³/mol. The summed E-state index contributed by atoms with van der Waals surface area (Å²) in [4.78, 5) is 0. The van der Waals surface area contributed by atoms with Crippen molar-refractivity contribution >= 4 is 0 Å². The number of aliphatic hydroxyl groups is 1. The van der Waals surface area contributed by atoms with Gasteiger partial charge in [0.25, 0.3) is 0 Å². The van der Waals surface area contributed by atoms with E-state index >= 15 is 0 Å². The second-order valence-electron chi connectivity index (χ2n) is 5.96. The smallest absolute Gasteiger partial charge is 0.122 e. The zero-order valence-corrected chi connectivity index (χ0v) is 12.7. The molecule has 0 fully saturated rings. The maximum absolute atomic E-state index is 10.2. The number of benzene rings is 1. The van der Waals surface area contributed by atoms with Crippen molar-refractivity contribution in [3.8, 4) is 5.75 Å². The summed E-state index contributed by atoms with van der Waals surface area (Å²) in [6.07, 6.45) is 9.03. The van der Waals surface area contributed by atoms with Gasteiger partial charge in [-0.2, -0.15) is 0 Å². The van der Waals surface area contributed by atoms with Crippen LogP contribution >= 0.6 is 0 Å². The van der Waals surface area contributed by atoms with E-state index in [2.05, 4.69) is 19.1 Å². The molecule has 0 radical (unpaired) electrons. The molecule has 2 unspecified atom stereocenters. The highest BCUT2D eigenvalue weighted by molar-refractivity contribution is 5.37. The van der Waals surface area contributed by atoms with Crippen LogP contribution in [0.25, 0.3) is 0 Å². The highest BCUT2D eigenvalue weighted by atomic mass is 16.5. The Bertz CT molecular complexity index is 389. The lowest BCUT2D eigenvalue weighted by molar-refractivity contribution is 0.131. The van der Waals surface area contributed by atoms with Gasteiger partial charge < -0.3 is 9.84 Å². The summed E-state index contributed by atoms with van der Waals surface area (Å²) in [5.41, 5.74) is 1.28. The van der Waals surface area contributed by atoms with Crippen LogP contribution in [-0.2, 0) is 0 Å². The molecule has 2 nitrogen and oxygen atoms in total. The zero-order chi connectivity index (χ0) is 14.2. The molecule has 20 heavy (non-hydrogen) atoms. The standard InChI is InChI=1S/C18H28O2/c1-2-3-4-5-6-9-16(19)14-15-12-13-20-18-11-8-7-10-17(15)18/h7-8,10-11,15-16,19H,2-6,9,12-14H2,1H3. The van der Waals surface area contributed by atoms with E-state index in [4.69, 9.17) is 4.74 Å². The Morgan fingerprint density at radius 1 is 1.20 bits per heavy atom. The van der Waals surface area contributed by atoms with Crippen LogP contribution in [0.3, 0.4) is 0 Å². The first-order chi connectivity index (χ1) is 9.81. The summed E-state index contributed by atoms with van der Waals surface area (Å²) in [5.74, 6) is 1.48. The normalized spacial score (nSPS) is 19.2. The molecule has 1 heterocycles. The monoisotopic (exact) mass is 276 g/mol. The van der Waals surface area contributed by atoms with Crippen LogP contribution < -0.4 is 4.74 Å². The van der Waals surface area contributed by atoms with Crippen molar-refractivity contribution in [2.45, 2.75) is 70.3 Å². The number of hydrogen-bond acceptors (Lipinski definition) is 2. The van der Waals surface area contributed by atoms with Crippen molar-refractivity contribution in [3.63, 3.8) is 0 Å². The second-order valence-corrected chi connectivity index (χ2v) is 5.96. The fourth-order valence-corrected chi connectivity index (χ4v) is 3.09. The Balaban J connectivity index is 1.76. The number of unbranched alkanes of at least 4 members (excludes halogenated alkanes) is 4. The molecule has 0 amide bonds. The number of hydrogen-bond donors (Lipinski definition) is 1. The molecule has 2 atom stereocenters. The molecule has 112 valence electrons. The number of para-hydroxylation sites is 1. The molecule has 1 aliphatic rings. The molecule has 1 N–H and O–H groups in total. The lowest BCUT2D eigenvalue weighted by Gasteiger charge is -2.27. The average Bonchev–Trinajstić information content (AvgIpc) is 2.47. The van der Waals surface area contributed by atoms with Gasteiger partial charge >= 0.3 is 0 Å². The maximum Gasteiger partial charge on any atom is 0.122 e. The molecule has 1 aliphatic heterocycles. The van der Waals surface area contributed by atoms with Crippen LogP contribution in [0.4, 0.5) is 0 Å². The fraction of sp³-hybridized carbons (Fsp3) is 0.667. The minimum absolute atomic E-state index is 0.159. The van der Waals surface area contributed by atoms with E-state index in [1.54, 1.807) is 0 Å². The van der Waals surface area contributed by atoms with Gasteiger partial charge in [-0.3, -0.25) is 0 Å². The average molecular weight is 276 g/mol. The predicted octanol–water partition coefficient (Wildman–Crippen LogP) is 4.66. The van der Waals surface area contributed by atoms with Crippen LogP contribution in [0.5, 0.6) is 5.75 Å². The van der Waals surface area contributed by atoms with E-state index in [0.29, 0.717) is 5.92 Å². The number of rotatable bonds is 8. The maximum atomic E-state index is 10.2. The summed E-state index contributed by atoms with van der Waals surface area (Å²) in [6.45, 7) is 3.02. The van der Waals surface area contributed by atoms with Gasteiger partial charge in [0.05, 0.1) is 12.7 Å². The second kappa shape index (κ2) is 8.31. The van der Waals surface area contributed by atoms with Gasteiger partial charge in [-0.25, -0.2) is 0 Å². The Kier molecular flexibility index (Phi) is 6.38. The molecule has 1 aromatic rings. The molecule has 1 aromatic carbocycles. The largest absolute Gasteiger partial charge is 0.493 e. The van der Waals surface area contributed by atoms with Crippen molar-refractivity contribution in [1.82, 2.24) is 0 Å². The Labute approximate surface area is 123 Å². The Morgan fingerprint density at radius 3 is 2.85 bits per heavy atom. The SMILES string of the molecule is CCCCCCCC(O)CC1CCOc2ccccc21. The minimum Gasteiger partial charge on any atom is -0.493 e. The first-order valence-corrected chi connectivity index (χ1v) is 8.21. The highest BCUT2D eigenvalue weighted by Crippen LogP contribution is 2.36. The summed E-state index contributed by atoms with van der Waals surface area (Å²) in [5, 5.41) is 10.2. The topological polar surface area (TPSA) is 29.5 Å². The van der Waals surface area contributed by atoms with Crippen molar-refractivity contribution < 1.29 is 9.84 Å². The van der Waals surface area contributed by atoms with Crippen LogP contribution in [0.2, 0.25) is 0 Å². The first kappa shape index (κ1) is 15.4. The summed E-state index contributed by atoms with van der Waals surface area (Å²) in [6, 6.07) is 8.27. The minimum atomic E-state index is -0.159. The Hall–Kier alpha value is -1.02. The van der Waals surface area contributed by atoms with E-state index in [9.17, 15) is 5.11 Å². The third kappa shape index (κ3) is 4.52. The molecule has 0 saturated carbocycles. The fourth-order valence-electron chi connectivity index (χ4n) is 3.09. The van der Waals surface area contributed by atoms with Crippen LogP contribution in [-0.4, -0.2) is 17.8 Å². The van der Waals surface area contributed by atoms with E-state index in [0.717, 1.165) is 38.0 Å². The molecule has 0 aliphatic carbocycles. The third-order valence-corrected chi connectivity index (χ3v) is 4.28. The summed E-state index contributed by atoms with van der Waals surface area (Å²) >= 11 is 0. The van der Waals surface area contributed by atoms with E-state index in [-0.39, 0.29) is 6.10 Å². The highest BCUT2D eigenvalue weighted by Gasteiger charge is 2.23. The van der Waals surface area contributed by atoms with Gasteiger partial charge in [0, 0.05) is 0 Å². The van der Waals surface area contributed by atoms with E-state index in [1.807, 2.05) is 12.1 Å². The molecule has 0 saturated heterocycles. The van der Waals surface area contributed by atoms with Gasteiger partial charge in [0.1, 0.15) is 5.75 Å². The third-order valence-electron chi connectivity index (χ3n) is 4.28. The van der Waals surface area contributed by atoms with E-state index in [1.165, 1.54) is 31.2 Å². The molecule has 0 bridgehead atoms. The van der Waals surface area contributed by atoms with Crippen molar-refractivity contribution in [3.05, 3.63) is 29.8 Å². The summed E-state index contributed by atoms with van der Waals surface area (Å²) in [7, 11) is 0.